The molecule has 84 valence electrons. The van der Waals surface area contributed by atoms with Crippen LogP contribution in [-0.2, 0) is 0 Å². The summed E-state index contributed by atoms with van der Waals surface area (Å²) in [6.07, 6.45) is 3.57. The Balaban J connectivity index is 2.23. The Kier molecular flexibility index (Phi) is 3.59. The quantitative estimate of drug-likeness (QED) is 0.907. The second-order valence-corrected chi connectivity index (χ2v) is 5.08. The lowest BCUT2D eigenvalue weighted by Crippen LogP contribution is -2.16. The highest BCUT2D eigenvalue weighted by molar-refractivity contribution is 7.10. The lowest BCUT2D eigenvalue weighted by Gasteiger charge is -2.19. The van der Waals surface area contributed by atoms with Gasteiger partial charge in [0.2, 0.25) is 0 Å². The molecule has 2 heterocycles. The number of hydrogen-bond acceptors (Lipinski definition) is 3. The first-order valence-corrected chi connectivity index (χ1v) is 6.34. The summed E-state index contributed by atoms with van der Waals surface area (Å²) in [5, 5.41) is 2.73. The van der Waals surface area contributed by atoms with Crippen molar-refractivity contribution < 1.29 is 0 Å². The molecule has 0 spiro atoms. The van der Waals surface area contributed by atoms with Crippen molar-refractivity contribution in [2.45, 2.75) is 18.9 Å². The fourth-order valence-corrected chi connectivity index (χ4v) is 2.93. The minimum Gasteiger partial charge on any atom is -0.323 e. The van der Waals surface area contributed by atoms with Crippen LogP contribution in [0.2, 0.25) is 5.02 Å². The summed E-state index contributed by atoms with van der Waals surface area (Å²) >= 11 is 7.69. The summed E-state index contributed by atoms with van der Waals surface area (Å²) in [4.78, 5) is 5.05. The summed E-state index contributed by atoms with van der Waals surface area (Å²) in [6.45, 7) is 2.11. The maximum absolute atomic E-state index is 6.22. The lowest BCUT2D eigenvalue weighted by atomic mass is 9.94. The van der Waals surface area contributed by atoms with Gasteiger partial charge in [-0.15, -0.1) is 11.3 Å². The number of rotatable bonds is 3. The van der Waals surface area contributed by atoms with E-state index in [2.05, 4.69) is 11.9 Å². The summed E-state index contributed by atoms with van der Waals surface area (Å²) in [5.74, 6) is 0.235. The van der Waals surface area contributed by atoms with Crippen molar-refractivity contribution in [2.75, 3.05) is 0 Å². The Morgan fingerprint density at radius 1 is 1.31 bits per heavy atom. The van der Waals surface area contributed by atoms with E-state index < -0.39 is 0 Å². The molecule has 0 amide bonds. The number of aromatic nitrogens is 1. The smallest absolute Gasteiger partial charge is 0.0561 e. The Labute approximate surface area is 104 Å². The topological polar surface area (TPSA) is 38.9 Å². The predicted molar refractivity (Wildman–Crippen MR) is 68.9 cm³/mol. The largest absolute Gasteiger partial charge is 0.323 e. The number of hydrogen-bond donors (Lipinski definition) is 1. The van der Waals surface area contributed by atoms with Gasteiger partial charge in [-0.3, -0.25) is 4.98 Å². The van der Waals surface area contributed by atoms with E-state index in [0.29, 0.717) is 0 Å². The molecule has 0 saturated heterocycles. The lowest BCUT2D eigenvalue weighted by molar-refractivity contribution is 0.607. The third-order valence-corrected chi connectivity index (χ3v) is 4.18. The average Bonchev–Trinajstić information content (AvgIpc) is 2.75. The highest BCUT2D eigenvalue weighted by Crippen LogP contribution is 2.35. The SMILES string of the molecule is CC(c1ccncc1)C(N)c1sccc1Cl. The van der Waals surface area contributed by atoms with Crippen LogP contribution in [0.1, 0.15) is 29.3 Å². The third-order valence-electron chi connectivity index (χ3n) is 2.72. The predicted octanol–water partition coefficient (Wildman–Crippen LogP) is 3.60. The van der Waals surface area contributed by atoms with Crippen LogP contribution in [-0.4, -0.2) is 4.98 Å². The van der Waals surface area contributed by atoms with Gasteiger partial charge in [0.05, 0.1) is 5.02 Å². The van der Waals surface area contributed by atoms with Gasteiger partial charge in [-0.05, 0) is 29.1 Å². The Bertz CT molecular complexity index is 455. The molecule has 0 aliphatic heterocycles. The van der Waals surface area contributed by atoms with Crippen molar-refractivity contribution in [3.63, 3.8) is 0 Å². The Morgan fingerprint density at radius 3 is 2.56 bits per heavy atom. The molecule has 2 aromatic rings. The molecule has 2 atom stereocenters. The monoisotopic (exact) mass is 252 g/mol. The second-order valence-electron chi connectivity index (χ2n) is 3.73. The van der Waals surface area contributed by atoms with Crippen molar-refractivity contribution in [1.29, 1.82) is 0 Å². The van der Waals surface area contributed by atoms with Gasteiger partial charge in [0, 0.05) is 29.2 Å². The van der Waals surface area contributed by atoms with Gasteiger partial charge in [-0.1, -0.05) is 18.5 Å². The Hall–Kier alpha value is -0.900. The maximum atomic E-state index is 6.22. The van der Waals surface area contributed by atoms with Crippen LogP contribution in [0, 0.1) is 0 Å². The number of nitrogens with zero attached hydrogens (tertiary/aromatic N) is 1. The molecule has 0 aliphatic rings. The zero-order valence-corrected chi connectivity index (χ0v) is 10.5. The molecule has 0 saturated carbocycles. The van der Waals surface area contributed by atoms with E-state index in [1.165, 1.54) is 5.56 Å². The van der Waals surface area contributed by atoms with Gasteiger partial charge in [0.1, 0.15) is 0 Å². The number of pyridine rings is 1. The average molecular weight is 253 g/mol. The molecule has 0 radical (unpaired) electrons. The van der Waals surface area contributed by atoms with Crippen LogP contribution in [0.15, 0.2) is 36.0 Å². The molecule has 0 fully saturated rings. The van der Waals surface area contributed by atoms with E-state index in [1.54, 1.807) is 23.7 Å². The normalized spacial score (nSPS) is 14.7. The number of halogens is 1. The van der Waals surface area contributed by atoms with Gasteiger partial charge in [0.25, 0.3) is 0 Å². The third kappa shape index (κ3) is 2.26. The van der Waals surface area contributed by atoms with Gasteiger partial charge in [-0.25, -0.2) is 0 Å². The van der Waals surface area contributed by atoms with Crippen LogP contribution in [0.3, 0.4) is 0 Å². The van der Waals surface area contributed by atoms with Crippen LogP contribution in [0.4, 0.5) is 0 Å². The molecule has 0 aliphatic carbocycles. The molecule has 2 nitrogen and oxygen atoms in total. The summed E-state index contributed by atoms with van der Waals surface area (Å²) in [6, 6.07) is 5.81. The molecule has 2 aromatic heterocycles. The molecular weight excluding hydrogens is 240 g/mol. The molecule has 4 heteroatoms. The molecule has 0 bridgehead atoms. The van der Waals surface area contributed by atoms with E-state index in [-0.39, 0.29) is 12.0 Å². The second kappa shape index (κ2) is 4.95. The highest BCUT2D eigenvalue weighted by atomic mass is 35.5. The Morgan fingerprint density at radius 2 is 2.00 bits per heavy atom. The fourth-order valence-electron chi connectivity index (χ4n) is 1.64. The van der Waals surface area contributed by atoms with Crippen molar-refractivity contribution in [2.24, 2.45) is 5.73 Å². The van der Waals surface area contributed by atoms with Crippen LogP contribution >= 0.6 is 22.9 Å². The molecule has 2 unspecified atom stereocenters. The van der Waals surface area contributed by atoms with E-state index in [9.17, 15) is 0 Å². The summed E-state index contributed by atoms with van der Waals surface area (Å²) < 4.78 is 0. The molecule has 2 N–H and O–H groups in total. The zero-order chi connectivity index (χ0) is 11.5. The van der Waals surface area contributed by atoms with Gasteiger partial charge in [0.15, 0.2) is 0 Å². The molecule has 16 heavy (non-hydrogen) atoms. The fraction of sp³-hybridized carbons (Fsp3) is 0.250. The highest BCUT2D eigenvalue weighted by Gasteiger charge is 2.19. The van der Waals surface area contributed by atoms with E-state index in [4.69, 9.17) is 17.3 Å². The van der Waals surface area contributed by atoms with Crippen molar-refractivity contribution in [3.05, 3.63) is 51.4 Å². The maximum Gasteiger partial charge on any atom is 0.0561 e. The van der Waals surface area contributed by atoms with Gasteiger partial charge < -0.3 is 5.73 Å². The standard InChI is InChI=1S/C12H13ClN2S/c1-8(9-2-5-15-6-3-9)11(14)12-10(13)4-7-16-12/h2-8,11H,14H2,1H3. The first-order valence-electron chi connectivity index (χ1n) is 5.08. The number of thiophene rings is 1. The molecular formula is C12H13ClN2S. The molecule has 0 aromatic carbocycles. The van der Waals surface area contributed by atoms with E-state index >= 15 is 0 Å². The zero-order valence-electron chi connectivity index (χ0n) is 8.93. The van der Waals surface area contributed by atoms with E-state index in [0.717, 1.165) is 9.90 Å². The van der Waals surface area contributed by atoms with Crippen molar-refractivity contribution >= 4 is 22.9 Å². The summed E-state index contributed by atoms with van der Waals surface area (Å²) in [5.41, 5.74) is 7.41. The molecule has 2 rings (SSSR count). The van der Waals surface area contributed by atoms with Crippen LogP contribution in [0.25, 0.3) is 0 Å². The van der Waals surface area contributed by atoms with Gasteiger partial charge in [-0.2, -0.15) is 0 Å². The van der Waals surface area contributed by atoms with Crippen molar-refractivity contribution in [3.8, 4) is 0 Å². The first-order chi connectivity index (χ1) is 7.70. The van der Waals surface area contributed by atoms with Gasteiger partial charge >= 0.3 is 0 Å². The van der Waals surface area contributed by atoms with Crippen LogP contribution < -0.4 is 5.73 Å². The summed E-state index contributed by atoms with van der Waals surface area (Å²) in [7, 11) is 0. The van der Waals surface area contributed by atoms with Crippen LogP contribution in [0.5, 0.6) is 0 Å². The van der Waals surface area contributed by atoms with Crippen molar-refractivity contribution in [1.82, 2.24) is 4.98 Å². The minimum absolute atomic E-state index is 0.0603. The minimum atomic E-state index is -0.0603. The first kappa shape index (κ1) is 11.6. The number of nitrogens with two attached hydrogens (primary N) is 1. The van der Waals surface area contributed by atoms with E-state index in [1.807, 2.05) is 23.6 Å².